The fourth-order valence-electron chi connectivity index (χ4n) is 4.16. The Labute approximate surface area is 197 Å². The van der Waals surface area contributed by atoms with Crippen LogP contribution in [-0.2, 0) is 19.3 Å². The van der Waals surface area contributed by atoms with Gasteiger partial charge in [0.1, 0.15) is 5.76 Å². The molecule has 1 amide bonds. The summed E-state index contributed by atoms with van der Waals surface area (Å²) < 4.78 is 44.3. The van der Waals surface area contributed by atoms with Crippen LogP contribution in [0.4, 0.5) is 18.9 Å². The largest absolute Gasteiger partial charge is 0.455 e. The second kappa shape index (κ2) is 9.93. The van der Waals surface area contributed by atoms with E-state index >= 15 is 0 Å². The average molecular weight is 472 g/mol. The molecule has 180 valence electrons. The molecule has 1 aromatic heterocycles. The third kappa shape index (κ3) is 5.62. The Bertz CT molecular complexity index is 1150. The monoisotopic (exact) mass is 471 g/mol. The van der Waals surface area contributed by atoms with Gasteiger partial charge in [0.2, 0.25) is 0 Å². The Balaban J connectivity index is 1.28. The summed E-state index contributed by atoms with van der Waals surface area (Å²) >= 11 is 0. The first-order chi connectivity index (χ1) is 16.2. The molecule has 1 saturated heterocycles. The molecular weight excluding hydrogens is 443 g/mol. The Morgan fingerprint density at radius 2 is 1.74 bits per heavy atom. The molecule has 0 bridgehead atoms. The lowest BCUT2D eigenvalue weighted by Crippen LogP contribution is -2.46. The zero-order valence-electron chi connectivity index (χ0n) is 19.3. The number of nitrogens with zero attached hydrogens (tertiary/aromatic N) is 2. The number of hydrogen-bond acceptors (Lipinski definition) is 4. The van der Waals surface area contributed by atoms with Gasteiger partial charge in [0.25, 0.3) is 5.91 Å². The van der Waals surface area contributed by atoms with Crippen LogP contribution in [-0.4, -0.2) is 37.0 Å². The van der Waals surface area contributed by atoms with Gasteiger partial charge in [-0.3, -0.25) is 9.69 Å². The van der Waals surface area contributed by atoms with Gasteiger partial charge in [-0.25, -0.2) is 0 Å². The van der Waals surface area contributed by atoms with Crippen LogP contribution >= 0.6 is 0 Å². The van der Waals surface area contributed by atoms with E-state index in [0.29, 0.717) is 17.9 Å². The summed E-state index contributed by atoms with van der Waals surface area (Å²) in [5, 5.41) is 2.62. The number of aryl methyl sites for hydroxylation is 1. The van der Waals surface area contributed by atoms with Crippen molar-refractivity contribution in [2.45, 2.75) is 33.1 Å². The van der Waals surface area contributed by atoms with Gasteiger partial charge in [0, 0.05) is 38.4 Å². The highest BCUT2D eigenvalue weighted by atomic mass is 19.4. The molecule has 0 saturated carbocycles. The normalized spacial score (nSPS) is 14.9. The number of nitrogens with one attached hydrogen (secondary N) is 1. The number of carbonyl (C=O) groups excluding carboxylic acids is 1. The van der Waals surface area contributed by atoms with Crippen molar-refractivity contribution in [3.05, 3.63) is 88.4 Å². The number of halogens is 3. The van der Waals surface area contributed by atoms with E-state index in [9.17, 15) is 18.0 Å². The molecule has 1 aliphatic rings. The molecule has 34 heavy (non-hydrogen) atoms. The van der Waals surface area contributed by atoms with Gasteiger partial charge in [-0.2, -0.15) is 13.2 Å². The third-order valence-electron chi connectivity index (χ3n) is 6.26. The number of rotatable bonds is 6. The van der Waals surface area contributed by atoms with Crippen LogP contribution in [0.1, 0.15) is 38.6 Å². The molecule has 0 spiro atoms. The Hall–Kier alpha value is -3.26. The fraction of sp³-hybridized carbons (Fsp3) is 0.346. The van der Waals surface area contributed by atoms with Gasteiger partial charge in [-0.15, -0.1) is 0 Å². The standard InChI is InChI=1S/C26H28F3N3O2/c1-18-5-3-8-23(19(18)2)32-13-11-31(12-14-32)17-22-9-10-24(34-22)25(33)30-16-20-6-4-7-21(15-20)26(27,28)29/h3-10,15H,11-14,16-17H2,1-2H3,(H,30,33). The van der Waals surface area contributed by atoms with Crippen LogP contribution in [0.2, 0.25) is 0 Å². The van der Waals surface area contributed by atoms with E-state index in [-0.39, 0.29) is 12.3 Å². The van der Waals surface area contributed by atoms with E-state index in [2.05, 4.69) is 47.2 Å². The molecule has 1 fully saturated rings. The lowest BCUT2D eigenvalue weighted by Gasteiger charge is -2.36. The lowest BCUT2D eigenvalue weighted by atomic mass is 10.1. The number of benzene rings is 2. The van der Waals surface area contributed by atoms with Crippen molar-refractivity contribution < 1.29 is 22.4 Å². The fourth-order valence-corrected chi connectivity index (χ4v) is 4.16. The predicted molar refractivity (Wildman–Crippen MR) is 125 cm³/mol. The summed E-state index contributed by atoms with van der Waals surface area (Å²) in [4.78, 5) is 17.1. The number of furan rings is 1. The average Bonchev–Trinajstić information content (AvgIpc) is 3.28. The smallest absolute Gasteiger partial charge is 0.416 e. The number of anilines is 1. The van der Waals surface area contributed by atoms with Crippen molar-refractivity contribution >= 4 is 11.6 Å². The number of piperazine rings is 1. The van der Waals surface area contributed by atoms with Gasteiger partial charge < -0.3 is 14.6 Å². The topological polar surface area (TPSA) is 48.7 Å². The molecule has 0 radical (unpaired) electrons. The van der Waals surface area contributed by atoms with Crippen molar-refractivity contribution in [1.29, 1.82) is 0 Å². The van der Waals surface area contributed by atoms with Gasteiger partial charge in [0.15, 0.2) is 5.76 Å². The van der Waals surface area contributed by atoms with Crippen LogP contribution < -0.4 is 10.2 Å². The predicted octanol–water partition coefficient (Wildman–Crippen LogP) is 5.17. The first-order valence-corrected chi connectivity index (χ1v) is 11.3. The summed E-state index contributed by atoms with van der Waals surface area (Å²) in [6.45, 7) is 8.44. The van der Waals surface area contributed by atoms with Crippen molar-refractivity contribution in [2.24, 2.45) is 0 Å². The van der Waals surface area contributed by atoms with Crippen molar-refractivity contribution in [3.63, 3.8) is 0 Å². The zero-order valence-corrected chi connectivity index (χ0v) is 19.3. The summed E-state index contributed by atoms with van der Waals surface area (Å²) in [5.41, 5.74) is 3.50. The molecule has 1 aliphatic heterocycles. The van der Waals surface area contributed by atoms with Crippen molar-refractivity contribution in [2.75, 3.05) is 31.1 Å². The summed E-state index contributed by atoms with van der Waals surface area (Å²) in [7, 11) is 0. The molecule has 2 heterocycles. The van der Waals surface area contributed by atoms with E-state index in [0.717, 1.165) is 38.3 Å². The van der Waals surface area contributed by atoms with E-state index in [1.807, 2.05) is 0 Å². The minimum Gasteiger partial charge on any atom is -0.455 e. The molecule has 2 aromatic carbocycles. The molecule has 3 aromatic rings. The highest BCUT2D eigenvalue weighted by Crippen LogP contribution is 2.29. The van der Waals surface area contributed by atoms with Crippen LogP contribution in [0, 0.1) is 13.8 Å². The Morgan fingerprint density at radius 1 is 1.00 bits per heavy atom. The van der Waals surface area contributed by atoms with Crippen LogP contribution in [0.25, 0.3) is 0 Å². The molecular formula is C26H28F3N3O2. The highest BCUT2D eigenvalue weighted by molar-refractivity contribution is 5.91. The summed E-state index contributed by atoms with van der Waals surface area (Å²) in [6.07, 6.45) is -4.42. The Morgan fingerprint density at radius 3 is 2.47 bits per heavy atom. The van der Waals surface area contributed by atoms with Crippen LogP contribution in [0.3, 0.4) is 0 Å². The second-order valence-electron chi connectivity index (χ2n) is 8.63. The first kappa shape index (κ1) is 23.9. The van der Waals surface area contributed by atoms with Gasteiger partial charge in [0.05, 0.1) is 12.1 Å². The lowest BCUT2D eigenvalue weighted by molar-refractivity contribution is -0.137. The number of carbonyl (C=O) groups is 1. The maximum Gasteiger partial charge on any atom is 0.416 e. The minimum atomic E-state index is -4.42. The molecule has 0 aliphatic carbocycles. The molecule has 5 nitrogen and oxygen atoms in total. The van der Waals surface area contributed by atoms with Gasteiger partial charge in [-0.1, -0.05) is 24.3 Å². The van der Waals surface area contributed by atoms with E-state index in [4.69, 9.17) is 4.42 Å². The number of amides is 1. The molecule has 0 atom stereocenters. The summed E-state index contributed by atoms with van der Waals surface area (Å²) in [5.74, 6) is 0.379. The van der Waals surface area contributed by atoms with Crippen molar-refractivity contribution in [3.8, 4) is 0 Å². The first-order valence-electron chi connectivity index (χ1n) is 11.3. The van der Waals surface area contributed by atoms with E-state index < -0.39 is 17.6 Å². The van der Waals surface area contributed by atoms with Crippen LogP contribution in [0.5, 0.6) is 0 Å². The van der Waals surface area contributed by atoms with Gasteiger partial charge >= 0.3 is 6.18 Å². The molecule has 0 unspecified atom stereocenters. The van der Waals surface area contributed by atoms with E-state index in [1.165, 1.54) is 22.9 Å². The highest BCUT2D eigenvalue weighted by Gasteiger charge is 2.30. The number of alkyl halides is 3. The third-order valence-corrected chi connectivity index (χ3v) is 6.26. The SMILES string of the molecule is Cc1cccc(N2CCN(Cc3ccc(C(=O)NCc4cccc(C(F)(F)F)c4)o3)CC2)c1C. The quantitative estimate of drug-likeness (QED) is 0.539. The zero-order chi connectivity index (χ0) is 24.3. The minimum absolute atomic E-state index is 0.0148. The molecule has 8 heteroatoms. The van der Waals surface area contributed by atoms with Gasteiger partial charge in [-0.05, 0) is 60.9 Å². The Kier molecular flexibility index (Phi) is 6.97. The van der Waals surface area contributed by atoms with Crippen LogP contribution in [0.15, 0.2) is 59.0 Å². The molecule has 1 N–H and O–H groups in total. The second-order valence-corrected chi connectivity index (χ2v) is 8.63. The molecule has 4 rings (SSSR count). The van der Waals surface area contributed by atoms with Crippen molar-refractivity contribution in [1.82, 2.24) is 10.2 Å². The maximum absolute atomic E-state index is 12.9. The maximum atomic E-state index is 12.9. The number of hydrogen-bond donors (Lipinski definition) is 1. The summed E-state index contributed by atoms with van der Waals surface area (Å²) in [6, 6.07) is 14.7. The van der Waals surface area contributed by atoms with E-state index in [1.54, 1.807) is 18.2 Å².